The number of carbonyl (C=O) groups is 1. The Labute approximate surface area is 149 Å². The van der Waals surface area contributed by atoms with E-state index in [1.165, 1.54) is 0 Å². The van der Waals surface area contributed by atoms with Crippen molar-refractivity contribution >= 4 is 5.91 Å². The fourth-order valence-electron chi connectivity index (χ4n) is 3.45. The smallest absolute Gasteiger partial charge is 0.251 e. The maximum absolute atomic E-state index is 12.5. The van der Waals surface area contributed by atoms with Gasteiger partial charge in [0.25, 0.3) is 5.91 Å². The van der Waals surface area contributed by atoms with Crippen LogP contribution in [0.5, 0.6) is 0 Å². The van der Waals surface area contributed by atoms with Crippen molar-refractivity contribution in [2.45, 2.75) is 12.8 Å². The van der Waals surface area contributed by atoms with E-state index in [0.717, 1.165) is 37.1 Å². The van der Waals surface area contributed by atoms with Crippen LogP contribution in [-0.4, -0.2) is 39.3 Å². The molecule has 0 aliphatic carbocycles. The van der Waals surface area contributed by atoms with Crippen LogP contribution in [-0.2, 0) is 4.74 Å². The SMILES string of the molecule is COCC1(CNC(=O)c2ccc(-c3ccccc3)cc2)CCNCC1. The summed E-state index contributed by atoms with van der Waals surface area (Å²) in [7, 11) is 1.73. The summed E-state index contributed by atoms with van der Waals surface area (Å²) >= 11 is 0. The van der Waals surface area contributed by atoms with Gasteiger partial charge in [0.15, 0.2) is 0 Å². The van der Waals surface area contributed by atoms with Gasteiger partial charge in [-0.15, -0.1) is 0 Å². The molecular weight excluding hydrogens is 312 g/mol. The van der Waals surface area contributed by atoms with E-state index in [9.17, 15) is 4.79 Å². The molecule has 2 aromatic carbocycles. The lowest BCUT2D eigenvalue weighted by atomic mass is 9.79. The Hall–Kier alpha value is -2.17. The zero-order valence-corrected chi connectivity index (χ0v) is 14.8. The molecule has 1 heterocycles. The van der Waals surface area contributed by atoms with Gasteiger partial charge in [0.1, 0.15) is 0 Å². The van der Waals surface area contributed by atoms with Crippen LogP contribution >= 0.6 is 0 Å². The van der Waals surface area contributed by atoms with Crippen LogP contribution in [0.4, 0.5) is 0 Å². The molecule has 1 aliphatic rings. The highest BCUT2D eigenvalue weighted by molar-refractivity contribution is 5.94. The standard InChI is InChI=1S/C21H26N2O2/c1-25-16-21(11-13-22-14-12-21)15-23-20(24)19-9-7-18(8-10-19)17-5-3-2-4-6-17/h2-10,22H,11-16H2,1H3,(H,23,24). The van der Waals surface area contributed by atoms with E-state index in [-0.39, 0.29) is 11.3 Å². The average Bonchev–Trinajstić information content (AvgIpc) is 2.68. The maximum atomic E-state index is 12.5. The number of hydrogen-bond acceptors (Lipinski definition) is 3. The summed E-state index contributed by atoms with van der Waals surface area (Å²) in [6.45, 7) is 3.29. The molecule has 2 N–H and O–H groups in total. The van der Waals surface area contributed by atoms with Gasteiger partial charge >= 0.3 is 0 Å². The predicted molar refractivity (Wildman–Crippen MR) is 101 cm³/mol. The summed E-state index contributed by atoms with van der Waals surface area (Å²) < 4.78 is 5.41. The molecule has 4 heteroatoms. The van der Waals surface area contributed by atoms with E-state index >= 15 is 0 Å². The molecule has 0 aromatic heterocycles. The monoisotopic (exact) mass is 338 g/mol. The lowest BCUT2D eigenvalue weighted by Gasteiger charge is -2.37. The maximum Gasteiger partial charge on any atom is 0.251 e. The Morgan fingerprint density at radius 1 is 1.04 bits per heavy atom. The van der Waals surface area contributed by atoms with Crippen LogP contribution in [0.1, 0.15) is 23.2 Å². The summed E-state index contributed by atoms with van der Waals surface area (Å²) in [4.78, 5) is 12.5. The third-order valence-corrected chi connectivity index (χ3v) is 4.99. The molecular formula is C21H26N2O2. The van der Waals surface area contributed by atoms with Gasteiger partial charge in [0, 0.05) is 24.6 Å². The second-order valence-electron chi connectivity index (χ2n) is 6.81. The normalized spacial score (nSPS) is 16.4. The Morgan fingerprint density at radius 2 is 1.68 bits per heavy atom. The van der Waals surface area contributed by atoms with Crippen molar-refractivity contribution in [3.8, 4) is 11.1 Å². The number of rotatable bonds is 6. The largest absolute Gasteiger partial charge is 0.384 e. The number of benzene rings is 2. The Bertz CT molecular complexity index is 671. The summed E-state index contributed by atoms with van der Waals surface area (Å²) in [5.74, 6) is -0.0198. The predicted octanol–water partition coefficient (Wildman–Crippen LogP) is 3.10. The number of methoxy groups -OCH3 is 1. The summed E-state index contributed by atoms with van der Waals surface area (Å²) in [5.41, 5.74) is 3.01. The molecule has 2 aromatic rings. The zero-order valence-electron chi connectivity index (χ0n) is 14.8. The molecule has 0 saturated carbocycles. The quantitative estimate of drug-likeness (QED) is 0.851. The average molecular weight is 338 g/mol. The molecule has 0 unspecified atom stereocenters. The van der Waals surface area contributed by atoms with Gasteiger partial charge in [-0.1, -0.05) is 42.5 Å². The van der Waals surface area contributed by atoms with E-state index in [0.29, 0.717) is 18.7 Å². The van der Waals surface area contributed by atoms with Crippen LogP contribution in [0, 0.1) is 5.41 Å². The fourth-order valence-corrected chi connectivity index (χ4v) is 3.45. The number of amides is 1. The summed E-state index contributed by atoms with van der Waals surface area (Å²) in [5, 5.41) is 6.48. The number of nitrogens with one attached hydrogen (secondary N) is 2. The Morgan fingerprint density at radius 3 is 2.32 bits per heavy atom. The van der Waals surface area contributed by atoms with E-state index in [1.54, 1.807) is 7.11 Å². The van der Waals surface area contributed by atoms with Crippen molar-refractivity contribution in [3.63, 3.8) is 0 Å². The van der Waals surface area contributed by atoms with Crippen molar-refractivity contribution in [2.75, 3.05) is 33.4 Å². The lowest BCUT2D eigenvalue weighted by molar-refractivity contribution is 0.0512. The highest BCUT2D eigenvalue weighted by atomic mass is 16.5. The molecule has 4 nitrogen and oxygen atoms in total. The molecule has 0 atom stereocenters. The fraction of sp³-hybridized carbons (Fsp3) is 0.381. The first-order valence-corrected chi connectivity index (χ1v) is 8.86. The lowest BCUT2D eigenvalue weighted by Crippen LogP contribution is -2.47. The molecule has 1 amide bonds. The molecule has 1 aliphatic heterocycles. The minimum absolute atomic E-state index is 0.0198. The van der Waals surface area contributed by atoms with Gasteiger partial charge in [0.05, 0.1) is 6.61 Å². The molecule has 0 bridgehead atoms. The van der Waals surface area contributed by atoms with Gasteiger partial charge < -0.3 is 15.4 Å². The molecule has 0 spiro atoms. The first-order valence-electron chi connectivity index (χ1n) is 8.86. The first kappa shape index (κ1) is 17.6. The second kappa shape index (κ2) is 8.28. The van der Waals surface area contributed by atoms with Crippen molar-refractivity contribution in [3.05, 3.63) is 60.2 Å². The topological polar surface area (TPSA) is 50.4 Å². The molecule has 1 fully saturated rings. The highest BCUT2D eigenvalue weighted by Crippen LogP contribution is 2.28. The van der Waals surface area contributed by atoms with Crippen molar-refractivity contribution in [2.24, 2.45) is 5.41 Å². The third kappa shape index (κ3) is 4.47. The second-order valence-corrected chi connectivity index (χ2v) is 6.81. The number of piperidine rings is 1. The number of ether oxygens (including phenoxy) is 1. The summed E-state index contributed by atoms with van der Waals surface area (Å²) in [6.07, 6.45) is 2.04. The van der Waals surface area contributed by atoms with Crippen molar-refractivity contribution in [1.82, 2.24) is 10.6 Å². The number of carbonyl (C=O) groups excluding carboxylic acids is 1. The van der Waals surface area contributed by atoms with Gasteiger partial charge in [-0.3, -0.25) is 4.79 Å². The minimum atomic E-state index is -0.0198. The Balaban J connectivity index is 1.63. The van der Waals surface area contributed by atoms with Crippen molar-refractivity contribution < 1.29 is 9.53 Å². The van der Waals surface area contributed by atoms with E-state index in [2.05, 4.69) is 22.8 Å². The van der Waals surface area contributed by atoms with Gasteiger partial charge in [-0.25, -0.2) is 0 Å². The molecule has 1 saturated heterocycles. The van der Waals surface area contributed by atoms with Crippen molar-refractivity contribution in [1.29, 1.82) is 0 Å². The zero-order chi connectivity index (χ0) is 17.5. The third-order valence-electron chi connectivity index (χ3n) is 4.99. The van der Waals surface area contributed by atoms with Crippen LogP contribution in [0.2, 0.25) is 0 Å². The molecule has 132 valence electrons. The van der Waals surface area contributed by atoms with Crippen LogP contribution < -0.4 is 10.6 Å². The first-order chi connectivity index (χ1) is 12.2. The Kier molecular flexibility index (Phi) is 5.84. The van der Waals surface area contributed by atoms with Gasteiger partial charge in [-0.05, 0) is 49.2 Å². The van der Waals surface area contributed by atoms with Crippen LogP contribution in [0.25, 0.3) is 11.1 Å². The van der Waals surface area contributed by atoms with Crippen LogP contribution in [0.15, 0.2) is 54.6 Å². The summed E-state index contributed by atoms with van der Waals surface area (Å²) in [6, 6.07) is 18.0. The van der Waals surface area contributed by atoms with Gasteiger partial charge in [-0.2, -0.15) is 0 Å². The van der Waals surface area contributed by atoms with E-state index in [4.69, 9.17) is 4.74 Å². The number of hydrogen-bond donors (Lipinski definition) is 2. The minimum Gasteiger partial charge on any atom is -0.384 e. The van der Waals surface area contributed by atoms with E-state index < -0.39 is 0 Å². The van der Waals surface area contributed by atoms with E-state index in [1.807, 2.05) is 42.5 Å². The molecule has 3 rings (SSSR count). The van der Waals surface area contributed by atoms with Gasteiger partial charge in [0.2, 0.25) is 0 Å². The highest BCUT2D eigenvalue weighted by Gasteiger charge is 2.32. The molecule has 25 heavy (non-hydrogen) atoms. The molecule has 0 radical (unpaired) electrons. The van der Waals surface area contributed by atoms with Crippen LogP contribution in [0.3, 0.4) is 0 Å².